The molecule has 1 aromatic rings. The smallest absolute Gasteiger partial charge is 0.409 e. The fraction of sp³-hybridized carbons (Fsp3) is 0.722. The minimum absolute atomic E-state index is 0.00168. The van der Waals surface area contributed by atoms with Gasteiger partial charge in [0.15, 0.2) is 5.13 Å². The van der Waals surface area contributed by atoms with Crippen LogP contribution in [0.3, 0.4) is 0 Å². The SMILES string of the molecule is COC(=O)N1CCN(C(=O)C2CCc3sc(N4CCOCC4)nc3C2)CC1. The van der Waals surface area contributed by atoms with E-state index in [0.717, 1.165) is 56.4 Å². The first-order valence-electron chi connectivity index (χ1n) is 9.58. The Balaban J connectivity index is 1.36. The summed E-state index contributed by atoms with van der Waals surface area (Å²) in [5.41, 5.74) is 1.10. The number of thiazole rings is 1. The van der Waals surface area contributed by atoms with Gasteiger partial charge in [0, 0.05) is 56.5 Å². The van der Waals surface area contributed by atoms with E-state index >= 15 is 0 Å². The van der Waals surface area contributed by atoms with E-state index in [1.54, 1.807) is 16.2 Å². The number of fused-ring (bicyclic) bond motifs is 1. The minimum atomic E-state index is -0.317. The molecule has 0 radical (unpaired) electrons. The third-order valence-corrected chi connectivity index (χ3v) is 6.80. The molecule has 0 aromatic carbocycles. The Morgan fingerprint density at radius 3 is 2.52 bits per heavy atom. The molecule has 3 heterocycles. The van der Waals surface area contributed by atoms with Crippen LogP contribution in [0, 0.1) is 5.92 Å². The highest BCUT2D eigenvalue weighted by Gasteiger charge is 2.33. The molecular formula is C18H26N4O4S. The zero-order chi connectivity index (χ0) is 18.8. The van der Waals surface area contributed by atoms with E-state index in [4.69, 9.17) is 14.5 Å². The van der Waals surface area contributed by atoms with Gasteiger partial charge in [-0.05, 0) is 12.8 Å². The van der Waals surface area contributed by atoms with Crippen LogP contribution in [0.1, 0.15) is 17.0 Å². The molecule has 2 fully saturated rings. The predicted molar refractivity (Wildman–Crippen MR) is 101 cm³/mol. The number of anilines is 1. The van der Waals surface area contributed by atoms with Gasteiger partial charge < -0.3 is 24.2 Å². The first kappa shape index (κ1) is 18.5. The summed E-state index contributed by atoms with van der Waals surface area (Å²) in [5, 5.41) is 1.07. The number of hydrogen-bond acceptors (Lipinski definition) is 7. The summed E-state index contributed by atoms with van der Waals surface area (Å²) in [6, 6.07) is 0. The highest BCUT2D eigenvalue weighted by molar-refractivity contribution is 7.15. The Hall–Kier alpha value is -1.87. The highest BCUT2D eigenvalue weighted by Crippen LogP contribution is 2.35. The summed E-state index contributed by atoms with van der Waals surface area (Å²) in [4.78, 5) is 36.6. The number of ether oxygens (including phenoxy) is 2. The summed E-state index contributed by atoms with van der Waals surface area (Å²) in [5.74, 6) is 0.202. The van der Waals surface area contributed by atoms with E-state index in [1.807, 2.05) is 4.90 Å². The van der Waals surface area contributed by atoms with Gasteiger partial charge in [-0.3, -0.25) is 4.79 Å². The molecule has 0 N–H and O–H groups in total. The van der Waals surface area contributed by atoms with Gasteiger partial charge in [0.25, 0.3) is 0 Å². The topological polar surface area (TPSA) is 75.2 Å². The maximum absolute atomic E-state index is 13.0. The molecule has 0 spiro atoms. The van der Waals surface area contributed by atoms with Gasteiger partial charge in [-0.25, -0.2) is 9.78 Å². The van der Waals surface area contributed by atoms with E-state index in [1.165, 1.54) is 12.0 Å². The maximum Gasteiger partial charge on any atom is 0.409 e. The lowest BCUT2D eigenvalue weighted by Crippen LogP contribution is -2.52. The van der Waals surface area contributed by atoms with Crippen molar-refractivity contribution in [2.45, 2.75) is 19.3 Å². The highest BCUT2D eigenvalue weighted by atomic mass is 32.1. The summed E-state index contributed by atoms with van der Waals surface area (Å²) in [6.07, 6.45) is 2.22. The lowest BCUT2D eigenvalue weighted by Gasteiger charge is -2.36. The zero-order valence-corrected chi connectivity index (χ0v) is 16.5. The molecule has 2 saturated heterocycles. The van der Waals surface area contributed by atoms with Crippen molar-refractivity contribution >= 4 is 28.5 Å². The molecule has 8 nitrogen and oxygen atoms in total. The molecule has 4 rings (SSSR count). The molecule has 0 bridgehead atoms. The van der Waals surface area contributed by atoms with Crippen molar-refractivity contribution in [2.24, 2.45) is 5.92 Å². The van der Waals surface area contributed by atoms with E-state index in [-0.39, 0.29) is 17.9 Å². The Morgan fingerprint density at radius 1 is 1.11 bits per heavy atom. The third kappa shape index (κ3) is 3.89. The van der Waals surface area contributed by atoms with Crippen LogP contribution in [-0.2, 0) is 27.1 Å². The number of carbonyl (C=O) groups is 2. The van der Waals surface area contributed by atoms with Crippen molar-refractivity contribution in [3.63, 3.8) is 0 Å². The van der Waals surface area contributed by atoms with Crippen LogP contribution in [0.15, 0.2) is 0 Å². The molecule has 2 amide bonds. The Bertz CT molecular complexity index is 696. The van der Waals surface area contributed by atoms with Gasteiger partial charge in [0.1, 0.15) is 0 Å². The second kappa shape index (κ2) is 8.02. The quantitative estimate of drug-likeness (QED) is 0.745. The molecule has 3 aliphatic rings. The molecule has 27 heavy (non-hydrogen) atoms. The van der Waals surface area contributed by atoms with Crippen LogP contribution in [0.25, 0.3) is 0 Å². The average molecular weight is 394 g/mol. The number of methoxy groups -OCH3 is 1. The molecular weight excluding hydrogens is 368 g/mol. The summed E-state index contributed by atoms with van der Waals surface area (Å²) < 4.78 is 10.2. The van der Waals surface area contributed by atoms with Crippen LogP contribution in [0.4, 0.5) is 9.93 Å². The number of nitrogens with zero attached hydrogens (tertiary/aromatic N) is 4. The maximum atomic E-state index is 13.0. The molecule has 1 aromatic heterocycles. The lowest BCUT2D eigenvalue weighted by atomic mass is 9.89. The fourth-order valence-corrected chi connectivity index (χ4v) is 5.12. The van der Waals surface area contributed by atoms with Crippen LogP contribution >= 0.6 is 11.3 Å². The van der Waals surface area contributed by atoms with Crippen LogP contribution in [0.2, 0.25) is 0 Å². The second-order valence-corrected chi connectivity index (χ2v) is 8.25. The van der Waals surface area contributed by atoms with Crippen molar-refractivity contribution in [1.82, 2.24) is 14.8 Å². The zero-order valence-electron chi connectivity index (χ0n) is 15.7. The standard InChI is InChI=1S/C18H26N4O4S/c1-25-18(24)22-6-4-20(5-7-22)16(23)13-2-3-15-14(12-13)19-17(27-15)21-8-10-26-11-9-21/h13H,2-12H2,1H3. The molecule has 1 atom stereocenters. The summed E-state index contributed by atoms with van der Waals surface area (Å²) in [6.45, 7) is 5.51. The van der Waals surface area contributed by atoms with Crippen molar-refractivity contribution in [1.29, 1.82) is 0 Å². The van der Waals surface area contributed by atoms with Gasteiger partial charge in [0.2, 0.25) is 5.91 Å². The number of aryl methyl sites for hydroxylation is 1. The molecule has 2 aliphatic heterocycles. The van der Waals surface area contributed by atoms with Crippen molar-refractivity contribution in [3.05, 3.63) is 10.6 Å². The van der Waals surface area contributed by atoms with Crippen LogP contribution < -0.4 is 4.90 Å². The molecule has 0 saturated carbocycles. The summed E-state index contributed by atoms with van der Waals surface area (Å²) >= 11 is 1.77. The first-order chi connectivity index (χ1) is 13.2. The molecule has 1 aliphatic carbocycles. The van der Waals surface area contributed by atoms with Crippen molar-refractivity contribution < 1.29 is 19.1 Å². The fourth-order valence-electron chi connectivity index (χ4n) is 3.96. The molecule has 148 valence electrons. The van der Waals surface area contributed by atoms with Gasteiger partial charge in [-0.1, -0.05) is 0 Å². The number of piperazine rings is 1. The number of carbonyl (C=O) groups excluding carboxylic acids is 2. The van der Waals surface area contributed by atoms with E-state index in [2.05, 4.69) is 4.90 Å². The van der Waals surface area contributed by atoms with Crippen molar-refractivity contribution in [2.75, 3.05) is 64.5 Å². The molecule has 1 unspecified atom stereocenters. The van der Waals surface area contributed by atoms with Gasteiger partial charge >= 0.3 is 6.09 Å². The number of aromatic nitrogens is 1. The second-order valence-electron chi connectivity index (χ2n) is 7.19. The number of rotatable bonds is 2. The first-order valence-corrected chi connectivity index (χ1v) is 10.4. The monoisotopic (exact) mass is 394 g/mol. The van der Waals surface area contributed by atoms with Gasteiger partial charge in [-0.2, -0.15) is 0 Å². The normalized spacial score (nSPS) is 23.1. The number of amides is 2. The van der Waals surface area contributed by atoms with E-state index in [0.29, 0.717) is 26.2 Å². The average Bonchev–Trinajstić information content (AvgIpc) is 3.17. The van der Waals surface area contributed by atoms with Crippen molar-refractivity contribution in [3.8, 4) is 0 Å². The lowest BCUT2D eigenvalue weighted by molar-refractivity contribution is -0.137. The third-order valence-electron chi connectivity index (χ3n) is 5.58. The largest absolute Gasteiger partial charge is 0.453 e. The van der Waals surface area contributed by atoms with Crippen LogP contribution in [0.5, 0.6) is 0 Å². The minimum Gasteiger partial charge on any atom is -0.453 e. The van der Waals surface area contributed by atoms with Crippen LogP contribution in [-0.4, -0.2) is 86.4 Å². The van der Waals surface area contributed by atoms with E-state index < -0.39 is 0 Å². The van der Waals surface area contributed by atoms with E-state index in [9.17, 15) is 9.59 Å². The Labute approximate surface area is 163 Å². The van der Waals surface area contributed by atoms with Gasteiger partial charge in [-0.15, -0.1) is 11.3 Å². The van der Waals surface area contributed by atoms with Gasteiger partial charge in [0.05, 0.1) is 26.0 Å². The Kier molecular flexibility index (Phi) is 5.49. The predicted octanol–water partition coefficient (Wildman–Crippen LogP) is 0.995. The number of morpholine rings is 1. The molecule has 9 heteroatoms. The summed E-state index contributed by atoms with van der Waals surface area (Å²) in [7, 11) is 1.39. The number of hydrogen-bond donors (Lipinski definition) is 0. The Morgan fingerprint density at radius 2 is 1.81 bits per heavy atom.